The third-order valence-corrected chi connectivity index (χ3v) is 6.09. The van der Waals surface area contributed by atoms with Crippen molar-refractivity contribution in [3.05, 3.63) is 89.6 Å². The van der Waals surface area contributed by atoms with Crippen LogP contribution >= 0.6 is 0 Å². The predicted octanol–water partition coefficient (Wildman–Crippen LogP) is 6.81. The van der Waals surface area contributed by atoms with Gasteiger partial charge < -0.3 is 21.1 Å². The molecule has 4 aromatic rings. The van der Waals surface area contributed by atoms with Crippen LogP contribution in [0.15, 0.2) is 72.9 Å². The van der Waals surface area contributed by atoms with Gasteiger partial charge in [-0.3, -0.25) is 14.2 Å². The number of rotatable bonds is 4. The molecule has 0 saturated carbocycles. The zero-order valence-corrected chi connectivity index (χ0v) is 23.1. The van der Waals surface area contributed by atoms with E-state index in [2.05, 4.69) is 31.4 Å². The highest BCUT2D eigenvalue weighted by Gasteiger charge is 2.20. The molecular formula is C31H34N4O4. The van der Waals surface area contributed by atoms with E-state index in [0.29, 0.717) is 22.5 Å². The molecule has 0 saturated heterocycles. The molecule has 8 nitrogen and oxygen atoms in total. The van der Waals surface area contributed by atoms with Gasteiger partial charge in [0.2, 0.25) is 0 Å². The lowest BCUT2D eigenvalue weighted by molar-refractivity contribution is 0.0544. The summed E-state index contributed by atoms with van der Waals surface area (Å²) in [5.74, 6) is -0.796. The highest BCUT2D eigenvalue weighted by molar-refractivity contribution is 6.13. The molecule has 0 fully saturated rings. The topological polar surface area (TPSA) is 115 Å². The third-order valence-electron chi connectivity index (χ3n) is 6.09. The van der Waals surface area contributed by atoms with Crippen LogP contribution in [-0.4, -0.2) is 28.1 Å². The first kappa shape index (κ1) is 27.4. The summed E-state index contributed by atoms with van der Waals surface area (Å²) in [5, 5.41) is 6.49. The molecule has 3 aromatic carbocycles. The van der Waals surface area contributed by atoms with Crippen LogP contribution in [0, 0.1) is 0 Å². The van der Waals surface area contributed by atoms with Crippen LogP contribution in [0.3, 0.4) is 0 Å². The quantitative estimate of drug-likeness (QED) is 0.253. The van der Waals surface area contributed by atoms with Crippen LogP contribution in [0.2, 0.25) is 0 Å². The van der Waals surface area contributed by atoms with Gasteiger partial charge in [-0.25, -0.2) is 4.79 Å². The molecule has 1 heterocycles. The lowest BCUT2D eigenvalue weighted by Crippen LogP contribution is -2.26. The molecular weight excluding hydrogens is 492 g/mol. The van der Waals surface area contributed by atoms with E-state index < -0.39 is 17.6 Å². The van der Waals surface area contributed by atoms with Crippen LogP contribution in [0.5, 0.6) is 0 Å². The second kappa shape index (κ2) is 10.3. The van der Waals surface area contributed by atoms with Crippen LogP contribution < -0.4 is 16.4 Å². The van der Waals surface area contributed by atoms with Crippen LogP contribution in [0.1, 0.15) is 67.8 Å². The molecule has 4 rings (SSSR count). The Morgan fingerprint density at radius 2 is 1.49 bits per heavy atom. The van der Waals surface area contributed by atoms with Crippen molar-refractivity contribution in [3.63, 3.8) is 0 Å². The van der Waals surface area contributed by atoms with E-state index in [1.807, 2.05) is 12.1 Å². The molecule has 0 unspecified atom stereocenters. The number of aromatic nitrogens is 1. The number of benzene rings is 3. The lowest BCUT2D eigenvalue weighted by Gasteiger charge is -2.20. The minimum absolute atomic E-state index is 0.0360. The van der Waals surface area contributed by atoms with Crippen molar-refractivity contribution in [3.8, 4) is 0 Å². The van der Waals surface area contributed by atoms with Crippen LogP contribution in [-0.2, 0) is 10.2 Å². The van der Waals surface area contributed by atoms with E-state index in [1.165, 1.54) is 4.57 Å². The average molecular weight is 527 g/mol. The van der Waals surface area contributed by atoms with E-state index in [4.69, 9.17) is 10.5 Å². The number of nitrogen functional groups attached to an aromatic ring is 1. The minimum Gasteiger partial charge on any atom is -0.443 e. The van der Waals surface area contributed by atoms with Crippen molar-refractivity contribution >= 4 is 45.9 Å². The smallest absolute Gasteiger partial charge is 0.418 e. The first-order valence-corrected chi connectivity index (χ1v) is 12.7. The number of ether oxygens (including phenoxy) is 1. The first-order chi connectivity index (χ1) is 18.2. The zero-order valence-electron chi connectivity index (χ0n) is 23.1. The van der Waals surface area contributed by atoms with Gasteiger partial charge in [-0.2, -0.15) is 0 Å². The van der Waals surface area contributed by atoms with Crippen molar-refractivity contribution in [1.82, 2.24) is 4.57 Å². The fraction of sp³-hybridized carbons (Fsp3) is 0.258. The van der Waals surface area contributed by atoms with Crippen molar-refractivity contribution in [2.45, 2.75) is 52.6 Å². The highest BCUT2D eigenvalue weighted by atomic mass is 16.6. The number of fused-ring (bicyclic) bond motifs is 1. The summed E-state index contributed by atoms with van der Waals surface area (Å²) in [7, 11) is 0. The predicted molar refractivity (Wildman–Crippen MR) is 155 cm³/mol. The number of amides is 2. The van der Waals surface area contributed by atoms with Crippen molar-refractivity contribution < 1.29 is 19.1 Å². The lowest BCUT2D eigenvalue weighted by atomic mass is 9.86. The fourth-order valence-corrected chi connectivity index (χ4v) is 4.05. The fourth-order valence-electron chi connectivity index (χ4n) is 4.05. The summed E-state index contributed by atoms with van der Waals surface area (Å²) in [6.45, 7) is 11.7. The van der Waals surface area contributed by atoms with Gasteiger partial charge in [-0.15, -0.1) is 0 Å². The van der Waals surface area contributed by atoms with Gasteiger partial charge in [0.1, 0.15) is 5.60 Å². The second-order valence-electron chi connectivity index (χ2n) is 11.5. The largest absolute Gasteiger partial charge is 0.443 e. The molecule has 39 heavy (non-hydrogen) atoms. The normalized spacial score (nSPS) is 11.7. The number of nitrogens with two attached hydrogens (primary N) is 1. The Labute approximate surface area is 228 Å². The van der Waals surface area contributed by atoms with Crippen molar-refractivity contribution in [2.24, 2.45) is 0 Å². The maximum Gasteiger partial charge on any atom is 0.418 e. The zero-order chi connectivity index (χ0) is 28.5. The summed E-state index contributed by atoms with van der Waals surface area (Å²) < 4.78 is 6.89. The number of nitrogens with zero attached hydrogens (tertiary/aromatic N) is 1. The summed E-state index contributed by atoms with van der Waals surface area (Å²) in [4.78, 5) is 39.0. The molecule has 0 spiro atoms. The molecule has 2 amide bonds. The van der Waals surface area contributed by atoms with E-state index in [1.54, 1.807) is 81.6 Å². The Kier molecular flexibility index (Phi) is 7.24. The monoisotopic (exact) mass is 526 g/mol. The molecule has 0 radical (unpaired) electrons. The van der Waals surface area contributed by atoms with Gasteiger partial charge in [0.05, 0.1) is 16.8 Å². The van der Waals surface area contributed by atoms with Crippen LogP contribution in [0.25, 0.3) is 10.9 Å². The van der Waals surface area contributed by atoms with Gasteiger partial charge in [0, 0.05) is 28.5 Å². The number of hydrogen-bond donors (Lipinski definition) is 3. The van der Waals surface area contributed by atoms with Gasteiger partial charge in [-0.05, 0) is 80.3 Å². The molecule has 0 aliphatic rings. The number of hydrogen-bond acceptors (Lipinski definition) is 5. The van der Waals surface area contributed by atoms with Gasteiger partial charge in [-0.1, -0.05) is 39.0 Å². The minimum atomic E-state index is -0.649. The molecule has 202 valence electrons. The first-order valence-electron chi connectivity index (χ1n) is 12.7. The molecule has 0 atom stereocenters. The number of nitrogens with one attached hydrogen (secondary N) is 2. The molecule has 8 heteroatoms. The summed E-state index contributed by atoms with van der Waals surface area (Å²) >= 11 is 0. The van der Waals surface area contributed by atoms with Crippen LogP contribution in [0.4, 0.5) is 21.9 Å². The van der Waals surface area contributed by atoms with E-state index in [-0.39, 0.29) is 22.6 Å². The molecule has 0 bridgehead atoms. The standard InChI is InChI=1S/C31H34N4O4/c1-30(2,3)21-10-7-20(8-11-21)27(36)34-25-17-22(32)12-14-24(25)28(37)33-23-13-9-19-15-16-35(26(19)18-23)29(38)39-31(4,5)6/h7-18H,32H2,1-6H3,(H,33,37)(H,34,36). The number of carbonyl (C=O) groups excluding carboxylic acids is 3. The van der Waals surface area contributed by atoms with Gasteiger partial charge in [0.15, 0.2) is 0 Å². The Balaban J connectivity index is 1.56. The number of carbonyl (C=O) groups is 3. The van der Waals surface area contributed by atoms with E-state index in [9.17, 15) is 14.4 Å². The summed E-state index contributed by atoms with van der Waals surface area (Å²) in [5.41, 5.74) is 8.86. The molecule has 0 aliphatic heterocycles. The Bertz CT molecular complexity index is 1550. The molecule has 0 aliphatic carbocycles. The Hall–Kier alpha value is -4.59. The average Bonchev–Trinajstić information content (AvgIpc) is 3.26. The second-order valence-corrected chi connectivity index (χ2v) is 11.5. The summed E-state index contributed by atoms with van der Waals surface area (Å²) in [6.07, 6.45) is 1.12. The van der Waals surface area contributed by atoms with Gasteiger partial charge in [0.25, 0.3) is 11.8 Å². The third kappa shape index (κ3) is 6.46. The summed E-state index contributed by atoms with van der Waals surface area (Å²) in [6, 6.07) is 19.1. The van der Waals surface area contributed by atoms with Gasteiger partial charge >= 0.3 is 6.09 Å². The maximum atomic E-state index is 13.3. The molecule has 4 N–H and O–H groups in total. The van der Waals surface area contributed by atoms with Crippen molar-refractivity contribution in [2.75, 3.05) is 16.4 Å². The Morgan fingerprint density at radius 1 is 0.795 bits per heavy atom. The Morgan fingerprint density at radius 3 is 2.13 bits per heavy atom. The van der Waals surface area contributed by atoms with Crippen molar-refractivity contribution in [1.29, 1.82) is 0 Å². The molecule has 1 aromatic heterocycles. The number of anilines is 3. The highest BCUT2D eigenvalue weighted by Crippen LogP contribution is 2.26. The maximum absolute atomic E-state index is 13.3. The van der Waals surface area contributed by atoms with E-state index in [0.717, 1.165) is 10.9 Å². The SMILES string of the molecule is CC(C)(C)OC(=O)n1ccc2ccc(NC(=O)c3ccc(N)cc3NC(=O)c3ccc(C(C)(C)C)cc3)cc21. The van der Waals surface area contributed by atoms with E-state index >= 15 is 0 Å².